The van der Waals surface area contributed by atoms with Crippen LogP contribution in [0.1, 0.15) is 43.5 Å². The first-order valence-corrected chi connectivity index (χ1v) is 7.86. The Hall–Kier alpha value is -1.96. The van der Waals surface area contributed by atoms with E-state index in [1.54, 1.807) is 6.92 Å². The number of hydrogen-bond acceptors (Lipinski definition) is 4. The van der Waals surface area contributed by atoms with Gasteiger partial charge in [0.15, 0.2) is 0 Å². The molecular weight excluding hydrogens is 323 g/mol. The zero-order valence-corrected chi connectivity index (χ0v) is 13.2. The van der Waals surface area contributed by atoms with Crippen molar-refractivity contribution in [1.82, 2.24) is 9.99 Å². The Morgan fingerprint density at radius 2 is 2.00 bits per heavy atom. The van der Waals surface area contributed by atoms with Crippen LogP contribution in [0.3, 0.4) is 0 Å². The first kappa shape index (κ1) is 16.9. The minimum absolute atomic E-state index is 0.148. The third-order valence-electron chi connectivity index (χ3n) is 4.43. The Morgan fingerprint density at radius 1 is 1.29 bits per heavy atom. The SMILES string of the molecule is CC(c1ccc(C(F)(F)F)cn1)N1N=C(C2CCOCC2)CC1=O. The second-order valence-electron chi connectivity index (χ2n) is 6.04. The molecule has 130 valence electrons. The largest absolute Gasteiger partial charge is 0.417 e. The van der Waals surface area contributed by atoms with Gasteiger partial charge in [0.25, 0.3) is 0 Å². The van der Waals surface area contributed by atoms with Crippen molar-refractivity contribution < 1.29 is 22.7 Å². The lowest BCUT2D eigenvalue weighted by atomic mass is 9.93. The van der Waals surface area contributed by atoms with E-state index in [1.165, 1.54) is 11.1 Å². The molecule has 3 rings (SSSR count). The van der Waals surface area contributed by atoms with Crippen LogP contribution in [-0.2, 0) is 15.7 Å². The molecule has 1 aromatic heterocycles. The monoisotopic (exact) mass is 341 g/mol. The van der Waals surface area contributed by atoms with Crippen molar-refractivity contribution in [3.8, 4) is 0 Å². The molecule has 1 fully saturated rings. The van der Waals surface area contributed by atoms with Gasteiger partial charge in [-0.1, -0.05) is 0 Å². The number of hydrazone groups is 1. The van der Waals surface area contributed by atoms with Crippen LogP contribution in [0.15, 0.2) is 23.4 Å². The van der Waals surface area contributed by atoms with Gasteiger partial charge in [-0.2, -0.15) is 18.3 Å². The summed E-state index contributed by atoms with van der Waals surface area (Å²) >= 11 is 0. The van der Waals surface area contributed by atoms with E-state index in [4.69, 9.17) is 4.74 Å². The fraction of sp³-hybridized carbons (Fsp3) is 0.562. The van der Waals surface area contributed by atoms with Gasteiger partial charge in [0, 0.05) is 25.3 Å². The lowest BCUT2D eigenvalue weighted by Crippen LogP contribution is -2.25. The summed E-state index contributed by atoms with van der Waals surface area (Å²) in [6.45, 7) is 3.03. The predicted octanol–water partition coefficient (Wildman–Crippen LogP) is 3.18. The number of carbonyl (C=O) groups is 1. The zero-order valence-electron chi connectivity index (χ0n) is 13.2. The molecular formula is C16H18F3N3O2. The van der Waals surface area contributed by atoms with Gasteiger partial charge in [0.1, 0.15) is 0 Å². The Bertz CT molecular complexity index is 637. The quantitative estimate of drug-likeness (QED) is 0.848. The minimum atomic E-state index is -4.42. The van der Waals surface area contributed by atoms with E-state index < -0.39 is 17.8 Å². The van der Waals surface area contributed by atoms with Gasteiger partial charge >= 0.3 is 6.18 Å². The molecule has 0 spiro atoms. The van der Waals surface area contributed by atoms with Gasteiger partial charge in [-0.25, -0.2) is 5.01 Å². The lowest BCUT2D eigenvalue weighted by Gasteiger charge is -2.22. The van der Waals surface area contributed by atoms with Gasteiger partial charge in [-0.15, -0.1) is 0 Å². The molecule has 2 aliphatic heterocycles. The third-order valence-corrected chi connectivity index (χ3v) is 4.43. The highest BCUT2D eigenvalue weighted by molar-refractivity contribution is 6.06. The van der Waals surface area contributed by atoms with Crippen molar-refractivity contribution in [3.63, 3.8) is 0 Å². The van der Waals surface area contributed by atoms with E-state index in [9.17, 15) is 18.0 Å². The van der Waals surface area contributed by atoms with Gasteiger partial charge < -0.3 is 4.74 Å². The fourth-order valence-corrected chi connectivity index (χ4v) is 2.97. The average molecular weight is 341 g/mol. The molecule has 5 nitrogen and oxygen atoms in total. The van der Waals surface area contributed by atoms with E-state index in [0.29, 0.717) is 18.9 Å². The number of hydrogen-bond donors (Lipinski definition) is 0. The number of rotatable bonds is 3. The number of aromatic nitrogens is 1. The highest BCUT2D eigenvalue weighted by atomic mass is 19.4. The molecule has 1 saturated heterocycles. The minimum Gasteiger partial charge on any atom is -0.381 e. The number of halogens is 3. The van der Waals surface area contributed by atoms with Crippen LogP contribution in [0.4, 0.5) is 13.2 Å². The standard InChI is InChI=1S/C16H18F3N3O2/c1-10(13-3-2-12(9-20-13)16(17,18)19)22-15(23)8-14(21-22)11-4-6-24-7-5-11/h2-3,9-11H,4-8H2,1H3. The summed E-state index contributed by atoms with van der Waals surface area (Å²) in [5, 5.41) is 5.76. The normalized spacial score (nSPS) is 21.1. The maximum atomic E-state index is 12.6. The molecule has 1 amide bonds. The van der Waals surface area contributed by atoms with Crippen LogP contribution in [0.2, 0.25) is 0 Å². The van der Waals surface area contributed by atoms with E-state index in [2.05, 4.69) is 10.1 Å². The predicted molar refractivity (Wildman–Crippen MR) is 80.1 cm³/mol. The molecule has 8 heteroatoms. The van der Waals surface area contributed by atoms with Crippen molar-refractivity contribution in [2.45, 2.75) is 38.4 Å². The van der Waals surface area contributed by atoms with Crippen LogP contribution in [-0.4, -0.2) is 34.8 Å². The number of nitrogens with zero attached hydrogens (tertiary/aromatic N) is 3. The molecule has 0 N–H and O–H groups in total. The lowest BCUT2D eigenvalue weighted by molar-refractivity contribution is -0.138. The van der Waals surface area contributed by atoms with Crippen LogP contribution in [0, 0.1) is 5.92 Å². The van der Waals surface area contributed by atoms with Gasteiger partial charge in [-0.05, 0) is 31.9 Å². The van der Waals surface area contributed by atoms with Crippen molar-refractivity contribution >= 4 is 11.6 Å². The molecule has 0 aliphatic carbocycles. The first-order chi connectivity index (χ1) is 11.4. The summed E-state index contributed by atoms with van der Waals surface area (Å²) in [7, 11) is 0. The van der Waals surface area contributed by atoms with Crippen molar-refractivity contribution in [3.05, 3.63) is 29.6 Å². The van der Waals surface area contributed by atoms with Gasteiger partial charge in [0.05, 0.1) is 29.4 Å². The topological polar surface area (TPSA) is 54.8 Å². The summed E-state index contributed by atoms with van der Waals surface area (Å²) in [6, 6.07) is 1.77. The van der Waals surface area contributed by atoms with Crippen LogP contribution < -0.4 is 0 Å². The second-order valence-corrected chi connectivity index (χ2v) is 6.04. The highest BCUT2D eigenvalue weighted by Crippen LogP contribution is 2.31. The zero-order chi connectivity index (χ0) is 17.3. The summed E-state index contributed by atoms with van der Waals surface area (Å²) in [4.78, 5) is 16.1. The summed E-state index contributed by atoms with van der Waals surface area (Å²) in [6.07, 6.45) is -1.70. The molecule has 0 radical (unpaired) electrons. The second kappa shape index (κ2) is 6.51. The van der Waals surface area contributed by atoms with Gasteiger partial charge in [0.2, 0.25) is 5.91 Å². The number of carbonyl (C=O) groups excluding carboxylic acids is 1. The Kier molecular flexibility index (Phi) is 4.58. The number of ether oxygens (including phenoxy) is 1. The number of pyridine rings is 1. The molecule has 2 aliphatic rings. The van der Waals surface area contributed by atoms with E-state index >= 15 is 0 Å². The van der Waals surface area contributed by atoms with Crippen molar-refractivity contribution in [2.75, 3.05) is 13.2 Å². The Morgan fingerprint density at radius 3 is 2.58 bits per heavy atom. The summed E-state index contributed by atoms with van der Waals surface area (Å²) in [5.41, 5.74) is 0.410. The molecule has 24 heavy (non-hydrogen) atoms. The molecule has 0 saturated carbocycles. The Labute approximate surface area is 137 Å². The smallest absolute Gasteiger partial charge is 0.381 e. The van der Waals surface area contributed by atoms with E-state index in [0.717, 1.165) is 30.8 Å². The maximum absolute atomic E-state index is 12.6. The summed E-state index contributed by atoms with van der Waals surface area (Å²) in [5.74, 6) is 0.0890. The fourth-order valence-electron chi connectivity index (χ4n) is 2.97. The molecule has 0 aromatic carbocycles. The number of alkyl halides is 3. The summed E-state index contributed by atoms with van der Waals surface area (Å²) < 4.78 is 43.1. The third kappa shape index (κ3) is 3.43. The van der Waals surface area contributed by atoms with Crippen molar-refractivity contribution in [1.29, 1.82) is 0 Å². The average Bonchev–Trinajstić information content (AvgIpc) is 2.96. The molecule has 1 aromatic rings. The van der Waals surface area contributed by atoms with E-state index in [1.807, 2.05) is 0 Å². The van der Waals surface area contributed by atoms with Crippen molar-refractivity contribution in [2.24, 2.45) is 11.0 Å². The van der Waals surface area contributed by atoms with Crippen LogP contribution in [0.25, 0.3) is 0 Å². The molecule has 0 bridgehead atoms. The maximum Gasteiger partial charge on any atom is 0.417 e. The molecule has 1 atom stereocenters. The Balaban J connectivity index is 1.75. The highest BCUT2D eigenvalue weighted by Gasteiger charge is 2.34. The van der Waals surface area contributed by atoms with Crippen LogP contribution >= 0.6 is 0 Å². The van der Waals surface area contributed by atoms with Crippen LogP contribution in [0.5, 0.6) is 0 Å². The first-order valence-electron chi connectivity index (χ1n) is 7.86. The number of amides is 1. The van der Waals surface area contributed by atoms with Gasteiger partial charge in [-0.3, -0.25) is 9.78 Å². The molecule has 3 heterocycles. The molecule has 1 unspecified atom stereocenters. The van der Waals surface area contributed by atoms with E-state index in [-0.39, 0.29) is 18.2 Å².